The largest absolute Gasteiger partial charge is 0.227 e. The van der Waals surface area contributed by atoms with Gasteiger partial charge in [0.1, 0.15) is 0 Å². The maximum absolute atomic E-state index is 5.04. The van der Waals surface area contributed by atoms with Crippen LogP contribution in [0.25, 0.3) is 45.0 Å². The van der Waals surface area contributed by atoms with Gasteiger partial charge in [0, 0.05) is 22.3 Å². The predicted molar refractivity (Wildman–Crippen MR) is 123 cm³/mol. The number of hydrogen-bond acceptors (Lipinski definition) is 2. The van der Waals surface area contributed by atoms with Crippen LogP contribution in [0.5, 0.6) is 0 Å². The van der Waals surface area contributed by atoms with E-state index in [0.29, 0.717) is 5.82 Å². The molecule has 0 unspecified atom stereocenters. The second-order valence-electron chi connectivity index (χ2n) is 6.99. The lowest BCUT2D eigenvalue weighted by Crippen LogP contribution is -2.00. The zero-order valence-electron chi connectivity index (χ0n) is 16.4. The summed E-state index contributed by atoms with van der Waals surface area (Å²) in [7, 11) is 0. The highest BCUT2D eigenvalue weighted by Crippen LogP contribution is 2.39. The molecule has 1 radical (unpaired) electrons. The topological polar surface area (TPSA) is 25.8 Å². The van der Waals surface area contributed by atoms with Gasteiger partial charge in [0.15, 0.2) is 5.82 Å². The molecule has 0 saturated carbocycles. The second kappa shape index (κ2) is 8.14. The summed E-state index contributed by atoms with van der Waals surface area (Å²) in [5, 5.41) is 0. The van der Waals surface area contributed by atoms with E-state index in [4.69, 9.17) is 9.97 Å². The van der Waals surface area contributed by atoms with Gasteiger partial charge >= 0.3 is 0 Å². The van der Waals surface area contributed by atoms with Crippen molar-refractivity contribution >= 4 is 0 Å². The Bertz CT molecular complexity index is 1190. The van der Waals surface area contributed by atoms with Crippen molar-refractivity contribution in [3.63, 3.8) is 0 Å². The van der Waals surface area contributed by atoms with Crippen LogP contribution in [0.3, 0.4) is 0 Å². The summed E-state index contributed by atoms with van der Waals surface area (Å²) in [5.41, 5.74) is 6.90. The molecule has 0 N–H and O–H groups in total. The Hall–Kier alpha value is -4.04. The Morgan fingerprint density at radius 3 is 1.40 bits per heavy atom. The summed E-state index contributed by atoms with van der Waals surface area (Å²) in [6.45, 7) is 0. The first-order valence-electron chi connectivity index (χ1n) is 9.95. The summed E-state index contributed by atoms with van der Waals surface area (Å²) in [4.78, 5) is 10.1. The van der Waals surface area contributed by atoms with Crippen molar-refractivity contribution in [2.24, 2.45) is 0 Å². The number of rotatable bonds is 4. The lowest BCUT2D eigenvalue weighted by Gasteiger charge is -2.16. The number of benzene rings is 4. The van der Waals surface area contributed by atoms with Crippen LogP contribution in [0.4, 0.5) is 0 Å². The normalized spacial score (nSPS) is 10.7. The molecule has 5 rings (SSSR count). The molecule has 4 aromatic carbocycles. The summed E-state index contributed by atoms with van der Waals surface area (Å²) in [6.07, 6.45) is 0. The van der Waals surface area contributed by atoms with E-state index in [0.717, 1.165) is 39.2 Å². The second-order valence-corrected chi connectivity index (χ2v) is 6.99. The van der Waals surface area contributed by atoms with E-state index >= 15 is 0 Å². The van der Waals surface area contributed by atoms with E-state index in [1.54, 1.807) is 0 Å². The molecule has 0 amide bonds. The molecule has 2 nitrogen and oxygen atoms in total. The van der Waals surface area contributed by atoms with Crippen LogP contribution in [0.2, 0.25) is 0 Å². The van der Waals surface area contributed by atoms with Gasteiger partial charge in [0.25, 0.3) is 0 Å². The van der Waals surface area contributed by atoms with Crippen molar-refractivity contribution < 1.29 is 0 Å². The Morgan fingerprint density at radius 1 is 0.467 bits per heavy atom. The lowest BCUT2D eigenvalue weighted by atomic mass is 9.94. The van der Waals surface area contributed by atoms with Crippen molar-refractivity contribution in [3.8, 4) is 45.0 Å². The molecule has 0 aliphatic carbocycles. The highest BCUT2D eigenvalue weighted by molar-refractivity contribution is 5.91. The molecule has 30 heavy (non-hydrogen) atoms. The quantitative estimate of drug-likeness (QED) is 0.336. The lowest BCUT2D eigenvalue weighted by molar-refractivity contribution is 1.18. The van der Waals surface area contributed by atoms with Gasteiger partial charge in [0.05, 0.1) is 11.4 Å². The molecule has 141 valence electrons. The van der Waals surface area contributed by atoms with E-state index in [1.807, 2.05) is 84.9 Å². The van der Waals surface area contributed by atoms with Crippen LogP contribution in [0.1, 0.15) is 0 Å². The average molecular weight is 383 g/mol. The predicted octanol–water partition coefficient (Wildman–Crippen LogP) is 6.94. The van der Waals surface area contributed by atoms with E-state index in [9.17, 15) is 0 Å². The molecule has 0 bridgehead atoms. The van der Waals surface area contributed by atoms with Crippen LogP contribution in [0.15, 0.2) is 115 Å². The zero-order chi connectivity index (χ0) is 20.2. The standard InChI is InChI=1S/C28H19N2/c1-5-13-21(14-6-1)25-26(22-15-7-2-8-16-22)29-28(24-19-11-4-12-20-24)30-27(25)23-17-9-3-10-18-23/h1-13,15-20H. The number of nitrogens with zero attached hydrogens (tertiary/aromatic N) is 2. The third-order valence-corrected chi connectivity index (χ3v) is 5.01. The minimum Gasteiger partial charge on any atom is -0.227 e. The first-order valence-corrected chi connectivity index (χ1v) is 9.95. The maximum atomic E-state index is 5.04. The van der Waals surface area contributed by atoms with Crippen molar-refractivity contribution in [2.75, 3.05) is 0 Å². The molecule has 0 aliphatic rings. The molecule has 2 heteroatoms. The SMILES string of the molecule is [c]1ccccc1-c1c(-c2ccccc2)nc(-c2ccccc2)nc1-c1ccccc1. The average Bonchev–Trinajstić information content (AvgIpc) is 2.85. The maximum Gasteiger partial charge on any atom is 0.160 e. The van der Waals surface area contributed by atoms with Gasteiger partial charge in [-0.3, -0.25) is 0 Å². The number of aromatic nitrogens is 2. The summed E-state index contributed by atoms with van der Waals surface area (Å²) in [5.74, 6) is 0.716. The fourth-order valence-electron chi connectivity index (χ4n) is 3.59. The van der Waals surface area contributed by atoms with Crippen LogP contribution < -0.4 is 0 Å². The Labute approximate surface area is 176 Å². The summed E-state index contributed by atoms with van der Waals surface area (Å²) in [6, 6.07) is 42.1. The molecular weight excluding hydrogens is 364 g/mol. The molecule has 1 heterocycles. The Morgan fingerprint density at radius 2 is 0.933 bits per heavy atom. The van der Waals surface area contributed by atoms with Gasteiger partial charge < -0.3 is 0 Å². The third kappa shape index (κ3) is 3.51. The number of hydrogen-bond donors (Lipinski definition) is 0. The van der Waals surface area contributed by atoms with Crippen LogP contribution in [-0.2, 0) is 0 Å². The third-order valence-electron chi connectivity index (χ3n) is 5.01. The zero-order valence-corrected chi connectivity index (χ0v) is 16.4. The highest BCUT2D eigenvalue weighted by Gasteiger charge is 2.19. The monoisotopic (exact) mass is 383 g/mol. The molecule has 0 atom stereocenters. The minimum absolute atomic E-state index is 0.716. The van der Waals surface area contributed by atoms with Crippen LogP contribution in [0, 0.1) is 6.07 Å². The van der Waals surface area contributed by atoms with Gasteiger partial charge in [-0.1, -0.05) is 115 Å². The van der Waals surface area contributed by atoms with Gasteiger partial charge in [-0.15, -0.1) is 0 Å². The fourth-order valence-corrected chi connectivity index (χ4v) is 3.59. The molecule has 1 aromatic heterocycles. The van der Waals surface area contributed by atoms with Crippen molar-refractivity contribution in [1.29, 1.82) is 0 Å². The fraction of sp³-hybridized carbons (Fsp3) is 0. The Kier molecular flexibility index (Phi) is 4.89. The molecule has 0 saturated heterocycles. The van der Waals surface area contributed by atoms with Crippen molar-refractivity contribution in [1.82, 2.24) is 9.97 Å². The first-order chi connectivity index (χ1) is 14.9. The van der Waals surface area contributed by atoms with Gasteiger partial charge in [-0.25, -0.2) is 9.97 Å². The molecule has 0 fully saturated rings. The molecule has 5 aromatic rings. The summed E-state index contributed by atoms with van der Waals surface area (Å²) >= 11 is 0. The van der Waals surface area contributed by atoms with E-state index in [1.165, 1.54) is 0 Å². The van der Waals surface area contributed by atoms with E-state index in [-0.39, 0.29) is 0 Å². The van der Waals surface area contributed by atoms with E-state index in [2.05, 4.69) is 36.4 Å². The van der Waals surface area contributed by atoms with Crippen LogP contribution in [-0.4, -0.2) is 9.97 Å². The van der Waals surface area contributed by atoms with E-state index < -0.39 is 0 Å². The van der Waals surface area contributed by atoms with Gasteiger partial charge in [0.2, 0.25) is 0 Å². The van der Waals surface area contributed by atoms with Crippen molar-refractivity contribution in [2.45, 2.75) is 0 Å². The Balaban J connectivity index is 1.88. The highest BCUT2D eigenvalue weighted by atomic mass is 14.9. The first kappa shape index (κ1) is 18.0. The smallest absolute Gasteiger partial charge is 0.160 e. The molecular formula is C28H19N2. The molecule has 0 spiro atoms. The summed E-state index contributed by atoms with van der Waals surface area (Å²) < 4.78 is 0. The van der Waals surface area contributed by atoms with Gasteiger partial charge in [-0.05, 0) is 11.6 Å². The molecule has 0 aliphatic heterocycles. The van der Waals surface area contributed by atoms with Crippen molar-refractivity contribution in [3.05, 3.63) is 121 Å². The van der Waals surface area contributed by atoms with Gasteiger partial charge in [-0.2, -0.15) is 0 Å². The minimum atomic E-state index is 0.716. The van der Waals surface area contributed by atoms with Crippen LogP contribution >= 0.6 is 0 Å².